The van der Waals surface area contributed by atoms with Gasteiger partial charge in [0, 0.05) is 6.42 Å². The lowest BCUT2D eigenvalue weighted by Gasteiger charge is -2.26. The molecule has 0 bridgehead atoms. The van der Waals surface area contributed by atoms with E-state index in [0.29, 0.717) is 0 Å². The van der Waals surface area contributed by atoms with Gasteiger partial charge in [-0.25, -0.2) is 0 Å². The third-order valence-electron chi connectivity index (χ3n) is 3.07. The van der Waals surface area contributed by atoms with Crippen LogP contribution in [0.3, 0.4) is 0 Å². The maximum Gasteiger partial charge on any atom is 0.168 e. The lowest BCUT2D eigenvalue weighted by molar-refractivity contribution is -0.166. The zero-order chi connectivity index (χ0) is 9.73. The van der Waals surface area contributed by atoms with E-state index in [1.165, 1.54) is 12.8 Å². The summed E-state index contributed by atoms with van der Waals surface area (Å²) < 4.78 is 11.3. The second-order valence-electron chi connectivity index (χ2n) is 4.01. The van der Waals surface area contributed by atoms with Gasteiger partial charge in [-0.05, 0) is 18.8 Å². The number of hydrogen-bond acceptors (Lipinski definition) is 2. The van der Waals surface area contributed by atoms with E-state index in [1.54, 1.807) is 0 Å². The summed E-state index contributed by atoms with van der Waals surface area (Å²) in [5.74, 6) is 0.555. The Morgan fingerprint density at radius 3 is 2.31 bits per heavy atom. The van der Waals surface area contributed by atoms with Crippen molar-refractivity contribution in [3.63, 3.8) is 0 Å². The van der Waals surface area contributed by atoms with E-state index in [0.717, 1.165) is 32.0 Å². The van der Waals surface area contributed by atoms with E-state index in [2.05, 4.69) is 20.8 Å². The molecule has 2 heteroatoms. The van der Waals surface area contributed by atoms with E-state index in [1.807, 2.05) is 0 Å². The summed E-state index contributed by atoms with van der Waals surface area (Å²) in [7, 11) is 0. The summed E-state index contributed by atoms with van der Waals surface area (Å²) in [6.07, 6.45) is 4.49. The minimum absolute atomic E-state index is 0.233. The SMILES string of the molecule is CCC(C)CCC1(CC)OCCO1. The number of hydrogen-bond donors (Lipinski definition) is 0. The predicted molar refractivity (Wildman–Crippen MR) is 53.6 cm³/mol. The van der Waals surface area contributed by atoms with Crippen LogP contribution in [-0.2, 0) is 9.47 Å². The summed E-state index contributed by atoms with van der Waals surface area (Å²) in [5.41, 5.74) is 0. The zero-order valence-corrected chi connectivity index (χ0v) is 9.14. The number of ether oxygens (including phenoxy) is 2. The average molecular weight is 186 g/mol. The van der Waals surface area contributed by atoms with Gasteiger partial charge in [-0.3, -0.25) is 0 Å². The Hall–Kier alpha value is -0.0800. The predicted octanol–water partition coefficient (Wildman–Crippen LogP) is 2.97. The van der Waals surface area contributed by atoms with Crippen molar-refractivity contribution in [3.8, 4) is 0 Å². The molecule has 0 amide bonds. The quantitative estimate of drug-likeness (QED) is 0.657. The third kappa shape index (κ3) is 2.96. The van der Waals surface area contributed by atoms with Crippen molar-refractivity contribution >= 4 is 0 Å². The van der Waals surface area contributed by atoms with Crippen molar-refractivity contribution in [3.05, 3.63) is 0 Å². The van der Waals surface area contributed by atoms with Crippen LogP contribution in [0.25, 0.3) is 0 Å². The molecule has 1 aliphatic heterocycles. The highest BCUT2D eigenvalue weighted by atomic mass is 16.7. The summed E-state index contributed by atoms with van der Waals surface area (Å²) in [6, 6.07) is 0. The maximum atomic E-state index is 5.66. The molecule has 0 aromatic heterocycles. The Morgan fingerprint density at radius 2 is 1.85 bits per heavy atom. The van der Waals surface area contributed by atoms with Crippen LogP contribution in [0.4, 0.5) is 0 Å². The highest BCUT2D eigenvalue weighted by molar-refractivity contribution is 4.73. The van der Waals surface area contributed by atoms with Gasteiger partial charge in [-0.2, -0.15) is 0 Å². The van der Waals surface area contributed by atoms with Crippen molar-refractivity contribution in [1.82, 2.24) is 0 Å². The third-order valence-corrected chi connectivity index (χ3v) is 3.07. The summed E-state index contributed by atoms with van der Waals surface area (Å²) in [4.78, 5) is 0. The molecule has 1 rings (SSSR count). The van der Waals surface area contributed by atoms with Crippen LogP contribution in [0.15, 0.2) is 0 Å². The molecule has 0 aromatic rings. The molecule has 1 fully saturated rings. The van der Waals surface area contributed by atoms with Gasteiger partial charge in [-0.1, -0.05) is 27.2 Å². The van der Waals surface area contributed by atoms with Gasteiger partial charge in [0.1, 0.15) is 0 Å². The van der Waals surface area contributed by atoms with E-state index in [4.69, 9.17) is 9.47 Å². The molecule has 78 valence electrons. The highest BCUT2D eigenvalue weighted by Crippen LogP contribution is 2.30. The fourth-order valence-electron chi connectivity index (χ4n) is 1.69. The van der Waals surface area contributed by atoms with Gasteiger partial charge in [0.05, 0.1) is 13.2 Å². The first-order valence-corrected chi connectivity index (χ1v) is 5.50. The van der Waals surface area contributed by atoms with Crippen LogP contribution in [0, 0.1) is 5.92 Å². The minimum Gasteiger partial charge on any atom is -0.348 e. The fourth-order valence-corrected chi connectivity index (χ4v) is 1.69. The molecule has 1 atom stereocenters. The van der Waals surface area contributed by atoms with Gasteiger partial charge >= 0.3 is 0 Å². The molecule has 0 spiro atoms. The molecule has 1 heterocycles. The Labute approximate surface area is 81.6 Å². The fraction of sp³-hybridized carbons (Fsp3) is 1.00. The highest BCUT2D eigenvalue weighted by Gasteiger charge is 2.34. The normalized spacial score (nSPS) is 23.3. The molecule has 0 aromatic carbocycles. The standard InChI is InChI=1S/C11H22O2/c1-4-10(3)6-7-11(5-2)12-8-9-13-11/h10H,4-9H2,1-3H3. The first-order valence-electron chi connectivity index (χ1n) is 5.50. The van der Waals surface area contributed by atoms with Gasteiger partial charge in [0.25, 0.3) is 0 Å². The summed E-state index contributed by atoms with van der Waals surface area (Å²) >= 11 is 0. The molecule has 0 saturated carbocycles. The molecule has 2 nitrogen and oxygen atoms in total. The summed E-state index contributed by atoms with van der Waals surface area (Å²) in [6.45, 7) is 8.21. The Balaban J connectivity index is 2.31. The van der Waals surface area contributed by atoms with Crippen molar-refractivity contribution in [1.29, 1.82) is 0 Å². The van der Waals surface area contributed by atoms with Crippen molar-refractivity contribution in [2.75, 3.05) is 13.2 Å². The van der Waals surface area contributed by atoms with Gasteiger partial charge in [-0.15, -0.1) is 0 Å². The molecule has 1 aliphatic rings. The Bertz CT molecular complexity index is 139. The first kappa shape index (κ1) is 11.0. The second kappa shape index (κ2) is 4.97. The molecule has 0 radical (unpaired) electrons. The first-order chi connectivity index (χ1) is 6.22. The van der Waals surface area contributed by atoms with Crippen LogP contribution in [0.5, 0.6) is 0 Å². The minimum atomic E-state index is -0.233. The largest absolute Gasteiger partial charge is 0.348 e. The van der Waals surface area contributed by atoms with Crippen LogP contribution < -0.4 is 0 Å². The van der Waals surface area contributed by atoms with Crippen molar-refractivity contribution in [2.24, 2.45) is 5.92 Å². The zero-order valence-electron chi connectivity index (χ0n) is 9.14. The molecule has 0 N–H and O–H groups in total. The molecule has 1 unspecified atom stereocenters. The summed E-state index contributed by atoms with van der Waals surface area (Å²) in [5, 5.41) is 0. The molecule has 1 saturated heterocycles. The van der Waals surface area contributed by atoms with Crippen molar-refractivity contribution in [2.45, 2.75) is 52.2 Å². The molecule has 0 aliphatic carbocycles. The van der Waals surface area contributed by atoms with E-state index in [9.17, 15) is 0 Å². The average Bonchev–Trinajstić information content (AvgIpc) is 2.63. The lowest BCUT2D eigenvalue weighted by Crippen LogP contribution is -2.29. The van der Waals surface area contributed by atoms with Gasteiger partial charge in [0.2, 0.25) is 0 Å². The Morgan fingerprint density at radius 1 is 1.23 bits per heavy atom. The van der Waals surface area contributed by atoms with Crippen LogP contribution in [0.1, 0.15) is 46.5 Å². The number of rotatable bonds is 5. The molecular formula is C11H22O2. The topological polar surface area (TPSA) is 18.5 Å². The smallest absolute Gasteiger partial charge is 0.168 e. The molecular weight excluding hydrogens is 164 g/mol. The second-order valence-corrected chi connectivity index (χ2v) is 4.01. The molecule has 13 heavy (non-hydrogen) atoms. The van der Waals surface area contributed by atoms with E-state index in [-0.39, 0.29) is 5.79 Å². The van der Waals surface area contributed by atoms with Crippen LogP contribution >= 0.6 is 0 Å². The lowest BCUT2D eigenvalue weighted by atomic mass is 9.97. The van der Waals surface area contributed by atoms with Gasteiger partial charge in [0.15, 0.2) is 5.79 Å². The monoisotopic (exact) mass is 186 g/mol. The van der Waals surface area contributed by atoms with Crippen LogP contribution in [0.2, 0.25) is 0 Å². The van der Waals surface area contributed by atoms with Crippen LogP contribution in [-0.4, -0.2) is 19.0 Å². The van der Waals surface area contributed by atoms with E-state index >= 15 is 0 Å². The van der Waals surface area contributed by atoms with E-state index < -0.39 is 0 Å². The van der Waals surface area contributed by atoms with Gasteiger partial charge < -0.3 is 9.47 Å². The Kier molecular flexibility index (Phi) is 4.20. The van der Waals surface area contributed by atoms with Crippen molar-refractivity contribution < 1.29 is 9.47 Å². The maximum absolute atomic E-state index is 5.66.